The van der Waals surface area contributed by atoms with Crippen LogP contribution in [0.2, 0.25) is 0 Å². The van der Waals surface area contributed by atoms with Gasteiger partial charge in [0.1, 0.15) is 6.10 Å². The van der Waals surface area contributed by atoms with Gasteiger partial charge in [0.2, 0.25) is 5.91 Å². The molecule has 0 aliphatic carbocycles. The van der Waals surface area contributed by atoms with E-state index in [0.29, 0.717) is 6.42 Å². The maximum atomic E-state index is 12.6. The van der Waals surface area contributed by atoms with Crippen molar-refractivity contribution in [3.8, 4) is 0 Å². The molecule has 3 unspecified atom stereocenters. The minimum Gasteiger partial charge on any atom is -0.394 e. The summed E-state index contributed by atoms with van der Waals surface area (Å²) in [6, 6.07) is -0.821. The summed E-state index contributed by atoms with van der Waals surface area (Å²) in [4.78, 5) is 12.6. The van der Waals surface area contributed by atoms with Gasteiger partial charge in [-0.1, -0.05) is 339 Å². The molecule has 5 nitrogen and oxygen atoms in total. The molecule has 0 aromatic rings. The van der Waals surface area contributed by atoms with Crippen molar-refractivity contribution in [2.45, 2.75) is 366 Å². The van der Waals surface area contributed by atoms with Gasteiger partial charge in [-0.15, -0.1) is 0 Å². The first-order valence-corrected chi connectivity index (χ1v) is 31.8. The average Bonchev–Trinajstić information content (AvgIpc) is 3.36. The van der Waals surface area contributed by atoms with Gasteiger partial charge in [0.25, 0.3) is 0 Å². The molecule has 3 atom stereocenters. The van der Waals surface area contributed by atoms with Crippen LogP contribution in [0.4, 0.5) is 0 Å². The van der Waals surface area contributed by atoms with Crippen molar-refractivity contribution >= 4 is 5.91 Å². The lowest BCUT2D eigenvalue weighted by molar-refractivity contribution is -0.131. The first-order valence-electron chi connectivity index (χ1n) is 31.8. The van der Waals surface area contributed by atoms with Crippen LogP contribution in [-0.2, 0) is 4.79 Å². The number of amides is 1. The van der Waals surface area contributed by atoms with Crippen molar-refractivity contribution in [1.29, 1.82) is 0 Å². The van der Waals surface area contributed by atoms with Crippen molar-refractivity contribution in [1.82, 2.24) is 5.32 Å². The van der Waals surface area contributed by atoms with E-state index in [1.807, 2.05) is 6.08 Å². The molecule has 0 aromatic heterocycles. The topological polar surface area (TPSA) is 89.8 Å². The highest BCUT2D eigenvalue weighted by Gasteiger charge is 2.22. The van der Waals surface area contributed by atoms with Gasteiger partial charge < -0.3 is 20.6 Å². The van der Waals surface area contributed by atoms with Gasteiger partial charge in [-0.05, 0) is 44.9 Å². The fraction of sp³-hybridized carbons (Fsp3) is 0.892. The summed E-state index contributed by atoms with van der Waals surface area (Å²) in [7, 11) is 0. The molecule has 0 fully saturated rings. The van der Waals surface area contributed by atoms with Gasteiger partial charge in [-0.25, -0.2) is 0 Å². The van der Waals surface area contributed by atoms with Crippen LogP contribution in [0.1, 0.15) is 348 Å². The molecule has 0 bridgehead atoms. The maximum absolute atomic E-state index is 12.6. The van der Waals surface area contributed by atoms with E-state index in [-0.39, 0.29) is 6.61 Å². The summed E-state index contributed by atoms with van der Waals surface area (Å²) in [5.74, 6) is -0.511. The van der Waals surface area contributed by atoms with Gasteiger partial charge in [-0.3, -0.25) is 4.79 Å². The van der Waals surface area contributed by atoms with Gasteiger partial charge in [0, 0.05) is 0 Å². The standard InChI is InChI=1S/C65H125NO4/c1-3-5-7-9-11-13-15-17-19-21-23-25-27-28-29-30-31-32-33-34-35-36-37-38-40-42-44-46-48-50-52-54-56-58-60-64(69)65(70)66-62(61-67)63(68)59-57-55-53-51-49-47-45-43-41-39-26-24-22-20-18-16-14-12-10-8-6-4-2/h41,43,49,51,57,59,62-64,67-69H,3-40,42,44-48,50,52-56,58,60-61H2,1-2H3,(H,66,70)/b43-41+,51-49+,59-57+. The molecule has 0 rings (SSSR count). The van der Waals surface area contributed by atoms with Crippen LogP contribution in [0, 0.1) is 0 Å². The Kier molecular flexibility index (Phi) is 58.9. The van der Waals surface area contributed by atoms with E-state index in [2.05, 4.69) is 43.5 Å². The van der Waals surface area contributed by atoms with E-state index in [0.717, 1.165) is 44.9 Å². The number of aliphatic hydroxyl groups is 3. The van der Waals surface area contributed by atoms with Gasteiger partial charge in [-0.2, -0.15) is 0 Å². The number of allylic oxidation sites excluding steroid dienone is 5. The predicted octanol–water partition coefficient (Wildman–Crippen LogP) is 20.2. The second-order valence-corrected chi connectivity index (χ2v) is 22.0. The Labute approximate surface area is 438 Å². The monoisotopic (exact) mass is 984 g/mol. The molecule has 0 aromatic carbocycles. The van der Waals surface area contributed by atoms with Crippen molar-refractivity contribution < 1.29 is 20.1 Å². The van der Waals surface area contributed by atoms with E-state index < -0.39 is 24.2 Å². The smallest absolute Gasteiger partial charge is 0.249 e. The second-order valence-electron chi connectivity index (χ2n) is 22.0. The highest BCUT2D eigenvalue weighted by Crippen LogP contribution is 2.18. The van der Waals surface area contributed by atoms with Crippen molar-refractivity contribution in [3.63, 3.8) is 0 Å². The molecule has 70 heavy (non-hydrogen) atoms. The Bertz CT molecular complexity index is 1090. The molecule has 1 amide bonds. The molecule has 0 saturated heterocycles. The molecule has 0 heterocycles. The minimum atomic E-state index is -1.11. The average molecular weight is 985 g/mol. The lowest BCUT2D eigenvalue weighted by Crippen LogP contribution is -2.48. The van der Waals surface area contributed by atoms with E-state index in [1.165, 1.54) is 283 Å². The molecule has 0 aliphatic rings. The maximum Gasteiger partial charge on any atom is 0.249 e. The highest BCUT2D eigenvalue weighted by atomic mass is 16.3. The Morgan fingerprint density at radius 2 is 0.586 bits per heavy atom. The Morgan fingerprint density at radius 3 is 0.871 bits per heavy atom. The zero-order chi connectivity index (χ0) is 50.7. The molecular formula is C65H125NO4. The SMILES string of the molecule is CCCCCCCCCCCCCC/C=C/CC/C=C/CC/C=C/C(O)C(CO)NC(=O)C(O)CCCCCCCCCCCCCCCCCCCCCCCCCCCCCCCCCCCC. The normalized spacial score (nSPS) is 13.4. The Hall–Kier alpha value is -1.43. The first-order chi connectivity index (χ1) is 34.6. The van der Waals surface area contributed by atoms with Crippen LogP contribution < -0.4 is 5.32 Å². The first kappa shape index (κ1) is 68.6. The molecule has 4 N–H and O–H groups in total. The zero-order valence-electron chi connectivity index (χ0n) is 47.4. The Morgan fingerprint density at radius 1 is 0.343 bits per heavy atom. The summed E-state index contributed by atoms with van der Waals surface area (Å²) < 4.78 is 0. The van der Waals surface area contributed by atoms with Crippen LogP contribution in [0.25, 0.3) is 0 Å². The van der Waals surface area contributed by atoms with Crippen LogP contribution in [0.3, 0.4) is 0 Å². The molecule has 5 heteroatoms. The molecule has 0 spiro atoms. The summed E-state index contributed by atoms with van der Waals surface area (Å²) in [5, 5.41) is 33.4. The lowest BCUT2D eigenvalue weighted by Gasteiger charge is -2.21. The highest BCUT2D eigenvalue weighted by molar-refractivity contribution is 5.80. The third kappa shape index (κ3) is 54.3. The van der Waals surface area contributed by atoms with Gasteiger partial charge >= 0.3 is 0 Å². The number of hydrogen-bond acceptors (Lipinski definition) is 4. The third-order valence-corrected chi connectivity index (χ3v) is 15.0. The summed E-state index contributed by atoms with van der Waals surface area (Å²) >= 11 is 0. The van der Waals surface area contributed by atoms with Gasteiger partial charge in [0.15, 0.2) is 0 Å². The number of carbonyl (C=O) groups excluding carboxylic acids is 1. The summed E-state index contributed by atoms with van der Waals surface area (Å²) in [5.41, 5.74) is 0. The number of rotatable bonds is 59. The van der Waals surface area contributed by atoms with Crippen LogP contribution in [0.15, 0.2) is 36.5 Å². The number of hydrogen-bond donors (Lipinski definition) is 4. The van der Waals surface area contributed by atoms with E-state index >= 15 is 0 Å². The number of aliphatic hydroxyl groups excluding tert-OH is 3. The molecule has 0 saturated carbocycles. The lowest BCUT2D eigenvalue weighted by atomic mass is 10.0. The fourth-order valence-electron chi connectivity index (χ4n) is 10.0. The third-order valence-electron chi connectivity index (χ3n) is 15.0. The van der Waals surface area contributed by atoms with E-state index in [1.54, 1.807) is 6.08 Å². The second kappa shape index (κ2) is 60.1. The molecule has 414 valence electrons. The summed E-state index contributed by atoms with van der Waals surface area (Å²) in [6.07, 6.45) is 79.8. The summed E-state index contributed by atoms with van der Waals surface area (Å²) in [6.45, 7) is 4.21. The quantitative estimate of drug-likeness (QED) is 0.0361. The predicted molar refractivity (Wildman–Crippen MR) is 310 cm³/mol. The largest absolute Gasteiger partial charge is 0.394 e. The van der Waals surface area contributed by atoms with E-state index in [4.69, 9.17) is 0 Å². The van der Waals surface area contributed by atoms with Crippen molar-refractivity contribution in [2.75, 3.05) is 6.61 Å². The van der Waals surface area contributed by atoms with Crippen molar-refractivity contribution in [2.24, 2.45) is 0 Å². The Balaban J connectivity index is 3.53. The number of carbonyl (C=O) groups is 1. The van der Waals surface area contributed by atoms with Crippen LogP contribution in [-0.4, -0.2) is 46.1 Å². The fourth-order valence-corrected chi connectivity index (χ4v) is 10.0. The molecule has 0 aliphatic heterocycles. The van der Waals surface area contributed by atoms with Crippen molar-refractivity contribution in [3.05, 3.63) is 36.5 Å². The van der Waals surface area contributed by atoms with Gasteiger partial charge in [0.05, 0.1) is 18.8 Å². The molecular weight excluding hydrogens is 859 g/mol. The number of nitrogens with one attached hydrogen (secondary N) is 1. The van der Waals surface area contributed by atoms with Crippen LogP contribution in [0.5, 0.6) is 0 Å². The number of unbranched alkanes of at least 4 members (excludes halogenated alkanes) is 47. The molecule has 0 radical (unpaired) electrons. The van der Waals surface area contributed by atoms with Crippen LogP contribution >= 0.6 is 0 Å². The zero-order valence-corrected chi connectivity index (χ0v) is 47.4. The minimum absolute atomic E-state index is 0.379. The van der Waals surface area contributed by atoms with E-state index in [9.17, 15) is 20.1 Å².